The summed E-state index contributed by atoms with van der Waals surface area (Å²) < 4.78 is 18.2. The maximum Gasteiger partial charge on any atom is 0.215 e. The second-order valence-electron chi connectivity index (χ2n) is 4.67. The van der Waals surface area contributed by atoms with Crippen molar-refractivity contribution in [2.45, 2.75) is 26.3 Å². The van der Waals surface area contributed by atoms with Crippen LogP contribution in [0.5, 0.6) is 5.88 Å². The molecule has 1 aromatic carbocycles. The van der Waals surface area contributed by atoms with Gasteiger partial charge in [0, 0.05) is 12.1 Å². The first-order valence-electron chi connectivity index (χ1n) is 6.78. The lowest BCUT2D eigenvalue weighted by atomic mass is 10.1. The maximum absolute atomic E-state index is 12.8. The van der Waals surface area contributed by atoms with Gasteiger partial charge in [-0.1, -0.05) is 18.2 Å². The maximum atomic E-state index is 12.8. The minimum Gasteiger partial charge on any atom is -0.478 e. The van der Waals surface area contributed by atoms with E-state index in [2.05, 4.69) is 17.2 Å². The first-order chi connectivity index (χ1) is 9.67. The molecule has 2 rings (SSSR count). The van der Waals surface area contributed by atoms with E-state index in [0.29, 0.717) is 12.5 Å². The van der Waals surface area contributed by atoms with Gasteiger partial charge in [-0.25, -0.2) is 4.39 Å². The second-order valence-corrected chi connectivity index (χ2v) is 4.67. The Hall–Kier alpha value is -2.10. The fourth-order valence-electron chi connectivity index (χ4n) is 2.00. The van der Waals surface area contributed by atoms with Crippen LogP contribution in [-0.2, 0) is 6.42 Å². The largest absolute Gasteiger partial charge is 0.478 e. The van der Waals surface area contributed by atoms with Gasteiger partial charge < -0.3 is 10.1 Å². The van der Waals surface area contributed by atoms with E-state index in [-0.39, 0.29) is 11.9 Å². The molecular weight excluding hydrogens is 255 g/mol. The molecule has 0 saturated heterocycles. The third kappa shape index (κ3) is 4.23. The molecule has 20 heavy (non-hydrogen) atoms. The average molecular weight is 274 g/mol. The molecule has 0 aliphatic rings. The van der Waals surface area contributed by atoms with Crippen LogP contribution < -0.4 is 10.1 Å². The highest BCUT2D eigenvalue weighted by Gasteiger charge is 2.05. The summed E-state index contributed by atoms with van der Waals surface area (Å²) in [5.41, 5.74) is 1.09. The van der Waals surface area contributed by atoms with E-state index in [1.54, 1.807) is 12.1 Å². The summed E-state index contributed by atoms with van der Waals surface area (Å²) in [5, 5.41) is 3.32. The highest BCUT2D eigenvalue weighted by atomic mass is 19.1. The van der Waals surface area contributed by atoms with E-state index in [4.69, 9.17) is 4.74 Å². The normalized spacial score (nSPS) is 11.9. The number of nitrogens with zero attached hydrogens (tertiary/aromatic N) is 1. The lowest BCUT2D eigenvalue weighted by Gasteiger charge is -2.15. The summed E-state index contributed by atoms with van der Waals surface area (Å²) >= 11 is 0. The van der Waals surface area contributed by atoms with Gasteiger partial charge in [0.15, 0.2) is 0 Å². The smallest absolute Gasteiger partial charge is 0.215 e. The molecule has 2 aromatic rings. The fourth-order valence-corrected chi connectivity index (χ4v) is 2.00. The number of nitrogens with one attached hydrogen (secondary N) is 1. The summed E-state index contributed by atoms with van der Waals surface area (Å²) in [6.45, 7) is 4.60. The number of anilines is 1. The van der Waals surface area contributed by atoms with Gasteiger partial charge in [-0.05, 0) is 44.0 Å². The van der Waals surface area contributed by atoms with Crippen LogP contribution in [0.15, 0.2) is 42.5 Å². The average Bonchev–Trinajstić information content (AvgIpc) is 2.42. The molecule has 1 N–H and O–H groups in total. The fraction of sp³-hybridized carbons (Fsp3) is 0.312. The highest BCUT2D eigenvalue weighted by Crippen LogP contribution is 2.14. The zero-order valence-electron chi connectivity index (χ0n) is 11.8. The van der Waals surface area contributed by atoms with Crippen molar-refractivity contribution in [2.24, 2.45) is 0 Å². The summed E-state index contributed by atoms with van der Waals surface area (Å²) in [5.74, 6) is 1.19. The number of hydrogen-bond donors (Lipinski definition) is 1. The predicted octanol–water partition coefficient (Wildman–Crippen LogP) is 3.66. The molecule has 0 saturated carbocycles. The zero-order valence-corrected chi connectivity index (χ0v) is 11.8. The van der Waals surface area contributed by atoms with Gasteiger partial charge in [-0.15, -0.1) is 0 Å². The Morgan fingerprint density at radius 2 is 1.95 bits per heavy atom. The molecule has 1 atom stereocenters. The molecule has 0 radical (unpaired) electrons. The summed E-state index contributed by atoms with van der Waals surface area (Å²) in [7, 11) is 0. The lowest BCUT2D eigenvalue weighted by Crippen LogP contribution is -2.18. The van der Waals surface area contributed by atoms with Crippen LogP contribution in [0.4, 0.5) is 10.2 Å². The van der Waals surface area contributed by atoms with Crippen LogP contribution in [0.25, 0.3) is 0 Å². The monoisotopic (exact) mass is 274 g/mol. The Balaban J connectivity index is 1.95. The Bertz CT molecular complexity index is 542. The third-order valence-electron chi connectivity index (χ3n) is 2.87. The molecule has 1 aromatic heterocycles. The van der Waals surface area contributed by atoms with Crippen molar-refractivity contribution in [1.29, 1.82) is 0 Å². The van der Waals surface area contributed by atoms with Crippen molar-refractivity contribution < 1.29 is 9.13 Å². The Labute approximate surface area is 118 Å². The second kappa shape index (κ2) is 6.89. The van der Waals surface area contributed by atoms with E-state index in [9.17, 15) is 4.39 Å². The van der Waals surface area contributed by atoms with E-state index < -0.39 is 0 Å². The highest BCUT2D eigenvalue weighted by molar-refractivity contribution is 5.38. The van der Waals surface area contributed by atoms with Gasteiger partial charge in [-0.3, -0.25) is 0 Å². The standard InChI is InChI=1S/C16H19FN2O/c1-3-20-16-6-4-5-15(19-16)18-12(2)11-13-7-9-14(17)10-8-13/h4-10,12H,3,11H2,1-2H3,(H,18,19). The third-order valence-corrected chi connectivity index (χ3v) is 2.87. The van der Waals surface area contributed by atoms with Crippen molar-refractivity contribution in [3.8, 4) is 5.88 Å². The number of pyridine rings is 1. The molecule has 0 spiro atoms. The minimum absolute atomic E-state index is 0.199. The van der Waals surface area contributed by atoms with Crippen LogP contribution in [0.2, 0.25) is 0 Å². The molecule has 3 nitrogen and oxygen atoms in total. The molecular formula is C16H19FN2O. The SMILES string of the molecule is CCOc1cccc(NC(C)Cc2ccc(F)cc2)n1. The number of ether oxygens (including phenoxy) is 1. The molecule has 4 heteroatoms. The Morgan fingerprint density at radius 1 is 1.20 bits per heavy atom. The molecule has 0 fully saturated rings. The number of rotatable bonds is 6. The van der Waals surface area contributed by atoms with Crippen LogP contribution in [0.1, 0.15) is 19.4 Å². The number of benzene rings is 1. The first kappa shape index (κ1) is 14.3. The first-order valence-corrected chi connectivity index (χ1v) is 6.78. The van der Waals surface area contributed by atoms with Crippen molar-refractivity contribution in [3.05, 3.63) is 53.8 Å². The predicted molar refractivity (Wildman–Crippen MR) is 78.6 cm³/mol. The Morgan fingerprint density at radius 3 is 2.65 bits per heavy atom. The number of halogens is 1. The molecule has 0 aliphatic heterocycles. The molecule has 1 heterocycles. The van der Waals surface area contributed by atoms with E-state index in [0.717, 1.165) is 17.8 Å². The molecule has 1 unspecified atom stereocenters. The quantitative estimate of drug-likeness (QED) is 0.872. The van der Waals surface area contributed by atoms with Gasteiger partial charge in [0.2, 0.25) is 5.88 Å². The van der Waals surface area contributed by atoms with Gasteiger partial charge in [-0.2, -0.15) is 4.98 Å². The van der Waals surface area contributed by atoms with Crippen molar-refractivity contribution in [2.75, 3.05) is 11.9 Å². The van der Waals surface area contributed by atoms with Gasteiger partial charge >= 0.3 is 0 Å². The van der Waals surface area contributed by atoms with E-state index in [1.165, 1.54) is 12.1 Å². The summed E-state index contributed by atoms with van der Waals surface area (Å²) in [4.78, 5) is 4.36. The topological polar surface area (TPSA) is 34.1 Å². The molecule has 0 amide bonds. The van der Waals surface area contributed by atoms with Crippen molar-refractivity contribution >= 4 is 5.82 Å². The minimum atomic E-state index is -0.208. The van der Waals surface area contributed by atoms with Gasteiger partial charge in [0.1, 0.15) is 11.6 Å². The lowest BCUT2D eigenvalue weighted by molar-refractivity contribution is 0.327. The van der Waals surface area contributed by atoms with Crippen LogP contribution in [-0.4, -0.2) is 17.6 Å². The van der Waals surface area contributed by atoms with E-state index >= 15 is 0 Å². The summed E-state index contributed by atoms with van der Waals surface area (Å²) in [6, 6.07) is 12.4. The molecule has 0 aliphatic carbocycles. The Kier molecular flexibility index (Phi) is 4.93. The number of hydrogen-bond acceptors (Lipinski definition) is 3. The zero-order chi connectivity index (χ0) is 14.4. The van der Waals surface area contributed by atoms with Crippen molar-refractivity contribution in [1.82, 2.24) is 4.98 Å². The summed E-state index contributed by atoms with van der Waals surface area (Å²) in [6.07, 6.45) is 0.806. The van der Waals surface area contributed by atoms with Gasteiger partial charge in [0.25, 0.3) is 0 Å². The van der Waals surface area contributed by atoms with Crippen LogP contribution in [0, 0.1) is 5.82 Å². The van der Waals surface area contributed by atoms with Crippen molar-refractivity contribution in [3.63, 3.8) is 0 Å². The van der Waals surface area contributed by atoms with Crippen LogP contribution in [0.3, 0.4) is 0 Å². The number of aromatic nitrogens is 1. The molecule has 0 bridgehead atoms. The molecule has 106 valence electrons. The van der Waals surface area contributed by atoms with E-state index in [1.807, 2.05) is 25.1 Å². The van der Waals surface area contributed by atoms with Gasteiger partial charge in [0.05, 0.1) is 6.61 Å². The van der Waals surface area contributed by atoms with Crippen LogP contribution >= 0.6 is 0 Å².